The van der Waals surface area contributed by atoms with E-state index in [0.717, 1.165) is 30.4 Å². The van der Waals surface area contributed by atoms with Crippen molar-refractivity contribution in [3.05, 3.63) is 52.2 Å². The zero-order chi connectivity index (χ0) is 19.1. The molecule has 27 heavy (non-hydrogen) atoms. The topological polar surface area (TPSA) is 40.1 Å². The molecule has 0 amide bonds. The minimum absolute atomic E-state index is 0.406. The van der Waals surface area contributed by atoms with E-state index >= 15 is 0 Å². The number of guanidine groups is 1. The lowest BCUT2D eigenvalue weighted by Crippen LogP contribution is -2.43. The second-order valence-electron chi connectivity index (χ2n) is 6.87. The van der Waals surface area contributed by atoms with Crippen LogP contribution >= 0.6 is 11.3 Å². The van der Waals surface area contributed by atoms with Crippen LogP contribution in [-0.4, -0.2) is 56.6 Å². The molecule has 0 radical (unpaired) electrons. The quantitative estimate of drug-likeness (QED) is 0.583. The van der Waals surface area contributed by atoms with E-state index in [9.17, 15) is 0 Å². The molecule has 1 aliphatic heterocycles. The molecule has 2 aromatic rings. The minimum atomic E-state index is 0.406. The van der Waals surface area contributed by atoms with Crippen molar-refractivity contribution in [2.24, 2.45) is 4.99 Å². The van der Waals surface area contributed by atoms with Gasteiger partial charge in [0.25, 0.3) is 0 Å². The number of benzene rings is 1. The van der Waals surface area contributed by atoms with Gasteiger partial charge >= 0.3 is 0 Å². The molecule has 146 valence electrons. The lowest BCUT2D eigenvalue weighted by molar-refractivity contribution is 0.247. The smallest absolute Gasteiger partial charge is 0.193 e. The standard InChI is InChI=1S/C21H30N4OS/c1-22-21(24(2)16-17-9-4-5-10-19(17)26-3)23-15-18(20-11-8-14-27-20)25-12-6-7-13-25/h4-5,8-11,14,18H,6-7,12-13,15-16H2,1-3H3,(H,22,23). The lowest BCUT2D eigenvalue weighted by atomic mass is 10.2. The van der Waals surface area contributed by atoms with Gasteiger partial charge in [0.15, 0.2) is 5.96 Å². The van der Waals surface area contributed by atoms with Crippen LogP contribution in [0.2, 0.25) is 0 Å². The molecule has 0 bridgehead atoms. The summed E-state index contributed by atoms with van der Waals surface area (Å²) in [5.41, 5.74) is 1.15. The highest BCUT2D eigenvalue weighted by atomic mass is 32.1. The van der Waals surface area contributed by atoms with E-state index in [1.54, 1.807) is 7.11 Å². The zero-order valence-corrected chi connectivity index (χ0v) is 17.3. The summed E-state index contributed by atoms with van der Waals surface area (Å²) in [6.07, 6.45) is 2.59. The van der Waals surface area contributed by atoms with E-state index in [1.807, 2.05) is 36.6 Å². The molecular formula is C21H30N4OS. The van der Waals surface area contributed by atoms with Gasteiger partial charge in [0.1, 0.15) is 5.75 Å². The zero-order valence-electron chi connectivity index (χ0n) is 16.5. The van der Waals surface area contributed by atoms with Gasteiger partial charge in [-0.3, -0.25) is 9.89 Å². The number of likely N-dealkylation sites (tertiary alicyclic amines) is 1. The molecular weight excluding hydrogens is 356 g/mol. The van der Waals surface area contributed by atoms with Crippen molar-refractivity contribution in [1.82, 2.24) is 15.1 Å². The molecule has 6 heteroatoms. The van der Waals surface area contributed by atoms with E-state index in [2.05, 4.69) is 50.7 Å². The Morgan fingerprint density at radius 1 is 1.26 bits per heavy atom. The van der Waals surface area contributed by atoms with Gasteiger partial charge in [-0.15, -0.1) is 11.3 Å². The Balaban J connectivity index is 1.64. The first kappa shape index (κ1) is 19.7. The van der Waals surface area contributed by atoms with Gasteiger partial charge in [0, 0.05) is 37.6 Å². The molecule has 1 saturated heterocycles. The molecule has 3 rings (SSSR count). The van der Waals surface area contributed by atoms with Crippen molar-refractivity contribution >= 4 is 17.3 Å². The Bertz CT molecular complexity index is 726. The minimum Gasteiger partial charge on any atom is -0.496 e. The monoisotopic (exact) mass is 386 g/mol. The third kappa shape index (κ3) is 5.02. The largest absolute Gasteiger partial charge is 0.496 e. The maximum Gasteiger partial charge on any atom is 0.193 e. The number of hydrogen-bond donors (Lipinski definition) is 1. The summed E-state index contributed by atoms with van der Waals surface area (Å²) < 4.78 is 5.48. The predicted octanol–water partition coefficient (Wildman–Crippen LogP) is 3.60. The fraction of sp³-hybridized carbons (Fsp3) is 0.476. The second kappa shape index (κ2) is 9.76. The highest BCUT2D eigenvalue weighted by molar-refractivity contribution is 7.10. The molecule has 2 heterocycles. The third-order valence-corrected chi connectivity index (χ3v) is 6.05. The molecule has 1 fully saturated rings. The van der Waals surface area contributed by atoms with Gasteiger partial charge < -0.3 is 15.0 Å². The average molecular weight is 387 g/mol. The maximum atomic E-state index is 5.48. The van der Waals surface area contributed by atoms with Crippen molar-refractivity contribution in [2.45, 2.75) is 25.4 Å². The molecule has 0 spiro atoms. The number of ether oxygens (including phenoxy) is 1. The number of nitrogens with zero attached hydrogens (tertiary/aromatic N) is 3. The summed E-state index contributed by atoms with van der Waals surface area (Å²) in [4.78, 5) is 10.7. The first-order chi connectivity index (χ1) is 13.2. The predicted molar refractivity (Wildman–Crippen MR) is 114 cm³/mol. The molecule has 1 atom stereocenters. The molecule has 5 nitrogen and oxygen atoms in total. The van der Waals surface area contributed by atoms with Gasteiger partial charge in [-0.1, -0.05) is 24.3 Å². The Kier molecular flexibility index (Phi) is 7.12. The van der Waals surface area contributed by atoms with E-state index in [1.165, 1.54) is 30.8 Å². The number of rotatable bonds is 7. The number of nitrogens with one attached hydrogen (secondary N) is 1. The van der Waals surface area contributed by atoms with Gasteiger partial charge in [-0.25, -0.2) is 0 Å². The van der Waals surface area contributed by atoms with Gasteiger partial charge in [0.05, 0.1) is 13.2 Å². The van der Waals surface area contributed by atoms with Crippen LogP contribution in [0.15, 0.2) is 46.8 Å². The van der Waals surface area contributed by atoms with Gasteiger partial charge in [-0.05, 0) is 43.4 Å². The first-order valence-corrected chi connectivity index (χ1v) is 10.4. The summed E-state index contributed by atoms with van der Waals surface area (Å²) in [7, 11) is 5.63. The maximum absolute atomic E-state index is 5.48. The van der Waals surface area contributed by atoms with Crippen LogP contribution in [-0.2, 0) is 6.54 Å². The van der Waals surface area contributed by atoms with Crippen LogP contribution in [0, 0.1) is 0 Å². The summed E-state index contributed by atoms with van der Waals surface area (Å²) in [6, 6.07) is 12.9. The van der Waals surface area contributed by atoms with E-state index in [0.29, 0.717) is 6.04 Å². The molecule has 1 aromatic heterocycles. The summed E-state index contributed by atoms with van der Waals surface area (Å²) in [6.45, 7) is 3.97. The lowest BCUT2D eigenvalue weighted by Gasteiger charge is -2.29. The van der Waals surface area contributed by atoms with Crippen molar-refractivity contribution in [1.29, 1.82) is 0 Å². The van der Waals surface area contributed by atoms with Gasteiger partial charge in [0.2, 0.25) is 0 Å². The Labute approximate surface area is 166 Å². The second-order valence-corrected chi connectivity index (χ2v) is 7.85. The van der Waals surface area contributed by atoms with E-state index in [4.69, 9.17) is 4.74 Å². The number of aliphatic imine (C=N–C) groups is 1. The van der Waals surface area contributed by atoms with E-state index < -0.39 is 0 Å². The van der Waals surface area contributed by atoms with Crippen molar-refractivity contribution in [3.8, 4) is 5.75 Å². The van der Waals surface area contributed by atoms with Crippen LogP contribution < -0.4 is 10.1 Å². The Hall–Kier alpha value is -2.05. The Morgan fingerprint density at radius 3 is 2.70 bits per heavy atom. The average Bonchev–Trinajstić information content (AvgIpc) is 3.40. The molecule has 1 aliphatic rings. The van der Waals surface area contributed by atoms with Crippen LogP contribution in [0.25, 0.3) is 0 Å². The number of hydrogen-bond acceptors (Lipinski definition) is 4. The van der Waals surface area contributed by atoms with E-state index in [-0.39, 0.29) is 0 Å². The highest BCUT2D eigenvalue weighted by Gasteiger charge is 2.24. The first-order valence-electron chi connectivity index (χ1n) is 9.54. The third-order valence-electron chi connectivity index (χ3n) is 5.08. The Morgan fingerprint density at radius 2 is 2.04 bits per heavy atom. The number of thiophene rings is 1. The SMILES string of the molecule is CN=C(NCC(c1cccs1)N1CCCC1)N(C)Cc1ccccc1OC. The number of methoxy groups -OCH3 is 1. The van der Waals surface area contributed by atoms with Crippen molar-refractivity contribution in [2.75, 3.05) is 40.8 Å². The van der Waals surface area contributed by atoms with Crippen LogP contribution in [0.1, 0.15) is 29.3 Å². The summed E-state index contributed by atoms with van der Waals surface area (Å²) in [5.74, 6) is 1.81. The highest BCUT2D eigenvalue weighted by Crippen LogP contribution is 2.28. The molecule has 0 aliphatic carbocycles. The van der Waals surface area contributed by atoms with Crippen LogP contribution in [0.4, 0.5) is 0 Å². The summed E-state index contributed by atoms with van der Waals surface area (Å²) in [5, 5.41) is 5.76. The molecule has 1 aromatic carbocycles. The number of para-hydroxylation sites is 1. The molecule has 1 N–H and O–H groups in total. The summed E-state index contributed by atoms with van der Waals surface area (Å²) >= 11 is 1.84. The fourth-order valence-corrected chi connectivity index (χ4v) is 4.54. The van der Waals surface area contributed by atoms with Crippen molar-refractivity contribution in [3.63, 3.8) is 0 Å². The van der Waals surface area contributed by atoms with Crippen LogP contribution in [0.5, 0.6) is 5.75 Å². The fourth-order valence-electron chi connectivity index (χ4n) is 3.68. The van der Waals surface area contributed by atoms with Crippen LogP contribution in [0.3, 0.4) is 0 Å². The molecule has 0 saturated carbocycles. The molecule has 1 unspecified atom stereocenters. The van der Waals surface area contributed by atoms with Crippen molar-refractivity contribution < 1.29 is 4.74 Å². The van der Waals surface area contributed by atoms with Gasteiger partial charge in [-0.2, -0.15) is 0 Å². The normalized spacial score (nSPS) is 16.3.